The minimum Gasteiger partial charge on any atom is -0.338 e. The molecular weight excluding hydrogens is 365 g/mol. The third-order valence-electron chi connectivity index (χ3n) is 3.59. The molecule has 0 aliphatic carbocycles. The van der Waals surface area contributed by atoms with E-state index in [1.807, 2.05) is 6.07 Å². The number of hydrogen-bond donors (Lipinski definition) is 0. The minimum atomic E-state index is -4.56. The smallest absolute Gasteiger partial charge is 0.338 e. The van der Waals surface area contributed by atoms with Crippen LogP contribution in [0, 0.1) is 11.3 Å². The van der Waals surface area contributed by atoms with E-state index in [1.54, 1.807) is 31.3 Å². The van der Waals surface area contributed by atoms with Gasteiger partial charge in [-0.05, 0) is 41.5 Å². The molecule has 3 nitrogen and oxygen atoms in total. The molecule has 0 spiro atoms. The minimum absolute atomic E-state index is 0.224. The van der Waals surface area contributed by atoms with Gasteiger partial charge in [-0.25, -0.2) is 0 Å². The molecule has 0 saturated heterocycles. The molecule has 2 rings (SSSR count). The van der Waals surface area contributed by atoms with Crippen LogP contribution in [0.15, 0.2) is 48.5 Å². The van der Waals surface area contributed by atoms with Crippen LogP contribution < -0.4 is 0 Å². The molecule has 2 aromatic carbocycles. The lowest BCUT2D eigenvalue weighted by molar-refractivity contribution is -0.137. The first-order valence-electron chi connectivity index (χ1n) is 7.49. The van der Waals surface area contributed by atoms with E-state index in [0.717, 1.165) is 17.7 Å². The molecule has 1 amide bonds. The maximum atomic E-state index is 12.8. The van der Waals surface area contributed by atoms with Gasteiger partial charge in [0.2, 0.25) is 5.91 Å². The number of hydrogen-bond acceptors (Lipinski definition) is 2. The molecule has 0 aliphatic rings. The average molecular weight is 379 g/mol. The number of carbonyl (C=O) groups excluding carboxylic acids is 1. The maximum absolute atomic E-state index is 12.8. The van der Waals surface area contributed by atoms with Gasteiger partial charge in [-0.1, -0.05) is 29.8 Å². The number of amides is 1. The lowest BCUT2D eigenvalue weighted by Crippen LogP contribution is -2.24. The number of nitrogens with zero attached hydrogens (tertiary/aromatic N) is 2. The van der Waals surface area contributed by atoms with E-state index in [1.165, 1.54) is 23.1 Å². The zero-order valence-corrected chi connectivity index (χ0v) is 14.5. The fourth-order valence-corrected chi connectivity index (χ4v) is 2.42. The van der Waals surface area contributed by atoms with Crippen LogP contribution >= 0.6 is 11.6 Å². The Morgan fingerprint density at radius 1 is 1.23 bits per heavy atom. The van der Waals surface area contributed by atoms with Gasteiger partial charge in [0.05, 0.1) is 22.2 Å². The Morgan fingerprint density at radius 3 is 2.46 bits per heavy atom. The Bertz CT molecular complexity index is 868. The van der Waals surface area contributed by atoms with Gasteiger partial charge >= 0.3 is 6.18 Å². The summed E-state index contributed by atoms with van der Waals surface area (Å²) in [7, 11) is 1.58. The molecule has 0 N–H and O–H groups in total. The summed E-state index contributed by atoms with van der Waals surface area (Å²) in [6.45, 7) is 0.309. The van der Waals surface area contributed by atoms with E-state index in [-0.39, 0.29) is 16.5 Å². The van der Waals surface area contributed by atoms with Gasteiger partial charge in [-0.2, -0.15) is 18.4 Å². The van der Waals surface area contributed by atoms with E-state index < -0.39 is 11.7 Å². The molecular formula is C19H14ClF3N2O. The van der Waals surface area contributed by atoms with E-state index in [2.05, 4.69) is 0 Å². The van der Waals surface area contributed by atoms with Crippen LogP contribution in [-0.4, -0.2) is 17.9 Å². The number of nitriles is 1. The molecule has 0 radical (unpaired) electrons. The molecule has 7 heteroatoms. The van der Waals surface area contributed by atoms with Crippen LogP contribution in [0.3, 0.4) is 0 Å². The van der Waals surface area contributed by atoms with Gasteiger partial charge < -0.3 is 4.90 Å². The molecule has 0 atom stereocenters. The fourth-order valence-electron chi connectivity index (χ4n) is 2.20. The number of carbonyl (C=O) groups is 1. The zero-order chi connectivity index (χ0) is 19.3. The number of halogens is 4. The number of benzene rings is 2. The molecule has 0 unspecified atom stereocenters. The predicted molar refractivity (Wildman–Crippen MR) is 93.1 cm³/mol. The van der Waals surface area contributed by atoms with Crippen LogP contribution in [-0.2, 0) is 17.5 Å². The van der Waals surface area contributed by atoms with Crippen molar-refractivity contribution in [3.8, 4) is 6.07 Å². The first kappa shape index (κ1) is 19.5. The largest absolute Gasteiger partial charge is 0.417 e. The summed E-state index contributed by atoms with van der Waals surface area (Å²) >= 11 is 5.57. The second-order valence-corrected chi connectivity index (χ2v) is 5.98. The van der Waals surface area contributed by atoms with E-state index in [0.29, 0.717) is 12.1 Å². The van der Waals surface area contributed by atoms with E-state index in [4.69, 9.17) is 16.9 Å². The molecule has 0 bridgehead atoms. The predicted octanol–water partition coefficient (Wildman–Crippen LogP) is 4.90. The van der Waals surface area contributed by atoms with Crippen molar-refractivity contribution in [2.75, 3.05) is 7.05 Å². The summed E-state index contributed by atoms with van der Waals surface area (Å²) in [5.41, 5.74) is 0.631. The fraction of sp³-hybridized carbons (Fsp3) is 0.158. The number of rotatable bonds is 4. The Hall–Kier alpha value is -2.78. The van der Waals surface area contributed by atoms with Crippen molar-refractivity contribution >= 4 is 23.6 Å². The summed E-state index contributed by atoms with van der Waals surface area (Å²) < 4.78 is 38.5. The highest BCUT2D eigenvalue weighted by Crippen LogP contribution is 2.35. The van der Waals surface area contributed by atoms with Crippen molar-refractivity contribution in [1.29, 1.82) is 5.26 Å². The van der Waals surface area contributed by atoms with Crippen molar-refractivity contribution in [1.82, 2.24) is 4.90 Å². The van der Waals surface area contributed by atoms with Crippen molar-refractivity contribution in [2.45, 2.75) is 12.7 Å². The van der Waals surface area contributed by atoms with Gasteiger partial charge in [0.25, 0.3) is 0 Å². The monoisotopic (exact) mass is 378 g/mol. The van der Waals surface area contributed by atoms with Crippen LogP contribution in [0.2, 0.25) is 5.02 Å². The van der Waals surface area contributed by atoms with E-state index >= 15 is 0 Å². The average Bonchev–Trinajstić information content (AvgIpc) is 2.60. The summed E-state index contributed by atoms with van der Waals surface area (Å²) in [4.78, 5) is 13.5. The first-order chi connectivity index (χ1) is 12.2. The molecule has 0 aliphatic heterocycles. The van der Waals surface area contributed by atoms with Gasteiger partial charge in [0.15, 0.2) is 0 Å². The third kappa shape index (κ3) is 5.11. The molecule has 26 heavy (non-hydrogen) atoms. The third-order valence-corrected chi connectivity index (χ3v) is 3.92. The summed E-state index contributed by atoms with van der Waals surface area (Å²) in [5, 5.41) is 8.37. The molecule has 0 saturated carbocycles. The van der Waals surface area contributed by atoms with Gasteiger partial charge in [-0.3, -0.25) is 4.79 Å². The number of likely N-dealkylation sites (N-methyl/N-ethyl adjacent to an activating group) is 1. The van der Waals surface area contributed by atoms with Crippen molar-refractivity contribution in [3.63, 3.8) is 0 Å². The summed E-state index contributed by atoms with van der Waals surface area (Å²) in [6, 6.07) is 12.2. The molecule has 0 aromatic heterocycles. The number of alkyl halides is 3. The lowest BCUT2D eigenvalue weighted by Gasteiger charge is -2.15. The van der Waals surface area contributed by atoms with Crippen molar-refractivity contribution in [3.05, 3.63) is 75.8 Å². The van der Waals surface area contributed by atoms with Crippen LogP contribution in [0.5, 0.6) is 0 Å². The lowest BCUT2D eigenvalue weighted by atomic mass is 10.1. The molecule has 0 fully saturated rings. The Morgan fingerprint density at radius 2 is 1.88 bits per heavy atom. The van der Waals surface area contributed by atoms with Crippen molar-refractivity contribution < 1.29 is 18.0 Å². The summed E-state index contributed by atoms with van der Waals surface area (Å²) in [5.74, 6) is -0.363. The van der Waals surface area contributed by atoms with Gasteiger partial charge in [0.1, 0.15) is 0 Å². The highest BCUT2D eigenvalue weighted by Gasteiger charge is 2.33. The SMILES string of the molecule is CN(Cc1ccc(C#N)cc1)C(=O)/C=C/c1ccc(Cl)c(C(F)(F)F)c1. The second kappa shape index (κ2) is 8.07. The maximum Gasteiger partial charge on any atom is 0.417 e. The Balaban J connectivity index is 2.07. The summed E-state index contributed by atoms with van der Waals surface area (Å²) in [6.07, 6.45) is -2.05. The molecule has 2 aromatic rings. The standard InChI is InChI=1S/C19H14ClF3N2O/c1-25(12-15-4-2-14(11-24)3-5-15)18(26)9-7-13-6-8-17(20)16(10-13)19(21,22)23/h2-10H,12H2,1H3/b9-7+. The quantitative estimate of drug-likeness (QED) is 0.710. The van der Waals surface area contributed by atoms with Crippen molar-refractivity contribution in [2.24, 2.45) is 0 Å². The van der Waals surface area contributed by atoms with Crippen LogP contribution in [0.4, 0.5) is 13.2 Å². The highest BCUT2D eigenvalue weighted by molar-refractivity contribution is 6.31. The second-order valence-electron chi connectivity index (χ2n) is 5.57. The van der Waals surface area contributed by atoms with Gasteiger partial charge in [-0.15, -0.1) is 0 Å². The Labute approximate surface area is 153 Å². The van der Waals surface area contributed by atoms with Crippen LogP contribution in [0.1, 0.15) is 22.3 Å². The van der Waals surface area contributed by atoms with Gasteiger partial charge in [0, 0.05) is 19.7 Å². The zero-order valence-electron chi connectivity index (χ0n) is 13.7. The van der Waals surface area contributed by atoms with Crippen LogP contribution in [0.25, 0.3) is 6.08 Å². The first-order valence-corrected chi connectivity index (χ1v) is 7.87. The topological polar surface area (TPSA) is 44.1 Å². The normalized spacial score (nSPS) is 11.4. The molecule has 0 heterocycles. The Kier molecular flexibility index (Phi) is 6.06. The highest BCUT2D eigenvalue weighted by atomic mass is 35.5. The van der Waals surface area contributed by atoms with E-state index in [9.17, 15) is 18.0 Å². The molecule has 134 valence electrons.